The highest BCUT2D eigenvalue weighted by atomic mass is 79.9. The van der Waals surface area contributed by atoms with Crippen molar-refractivity contribution in [3.05, 3.63) is 33.6 Å². The Bertz CT molecular complexity index is 536. The lowest BCUT2D eigenvalue weighted by atomic mass is 10.1. The topological polar surface area (TPSA) is 69.4 Å². The van der Waals surface area contributed by atoms with Crippen LogP contribution in [-0.4, -0.2) is 15.0 Å². The fourth-order valence-corrected chi connectivity index (χ4v) is 3.33. The quantitative estimate of drug-likeness (QED) is 0.837. The zero-order chi connectivity index (χ0) is 11.1. The molecule has 0 atom stereocenters. The number of halogens is 1. The first kappa shape index (κ1) is 10.8. The van der Waals surface area contributed by atoms with Crippen LogP contribution in [0, 0.1) is 0 Å². The van der Waals surface area contributed by atoms with Crippen molar-refractivity contribution >= 4 is 31.3 Å². The van der Waals surface area contributed by atoms with Crippen molar-refractivity contribution in [3.8, 4) is 0 Å². The maximum atomic E-state index is 11.7. The molecule has 80 valence electrons. The van der Waals surface area contributed by atoms with Crippen LogP contribution >= 0.6 is 15.9 Å². The van der Waals surface area contributed by atoms with Gasteiger partial charge in [0, 0.05) is 15.4 Å². The number of sulfone groups is 1. The standard InChI is InChI=1S/C9H8BrNO3S/c10-7-1-2-9-8(3-7)6(4-14-11)5-15(9,12)13/h1-3,5H,4,11H2. The molecule has 1 aromatic rings. The number of fused-ring (bicyclic) bond motifs is 1. The lowest BCUT2D eigenvalue weighted by molar-refractivity contribution is 0.173. The van der Waals surface area contributed by atoms with Crippen LogP contribution in [0.25, 0.3) is 5.57 Å². The van der Waals surface area contributed by atoms with Crippen molar-refractivity contribution in [1.82, 2.24) is 0 Å². The molecule has 1 heterocycles. The summed E-state index contributed by atoms with van der Waals surface area (Å²) in [7, 11) is -3.31. The predicted molar refractivity (Wildman–Crippen MR) is 59.4 cm³/mol. The lowest BCUT2D eigenvalue weighted by Crippen LogP contribution is -2.02. The molecule has 0 bridgehead atoms. The Kier molecular flexibility index (Phi) is 2.68. The largest absolute Gasteiger partial charge is 0.300 e. The van der Waals surface area contributed by atoms with E-state index in [1.165, 1.54) is 5.41 Å². The minimum absolute atomic E-state index is 0.0860. The van der Waals surface area contributed by atoms with Crippen LogP contribution in [0.2, 0.25) is 0 Å². The Balaban J connectivity index is 2.63. The Labute approximate surface area is 95.7 Å². The molecular weight excluding hydrogens is 282 g/mol. The van der Waals surface area contributed by atoms with E-state index in [9.17, 15) is 8.42 Å². The van der Waals surface area contributed by atoms with Gasteiger partial charge in [0.15, 0.2) is 0 Å². The number of nitrogens with two attached hydrogens (primary N) is 1. The number of rotatable bonds is 2. The van der Waals surface area contributed by atoms with Crippen molar-refractivity contribution in [2.24, 2.45) is 5.90 Å². The zero-order valence-electron chi connectivity index (χ0n) is 7.60. The normalized spacial score (nSPS) is 17.3. The highest BCUT2D eigenvalue weighted by Gasteiger charge is 2.26. The van der Waals surface area contributed by atoms with E-state index in [2.05, 4.69) is 20.8 Å². The highest BCUT2D eigenvalue weighted by Crippen LogP contribution is 2.34. The van der Waals surface area contributed by atoms with E-state index in [0.717, 1.165) is 4.47 Å². The van der Waals surface area contributed by atoms with E-state index in [0.29, 0.717) is 16.0 Å². The fraction of sp³-hybridized carbons (Fsp3) is 0.111. The van der Waals surface area contributed by atoms with E-state index >= 15 is 0 Å². The summed E-state index contributed by atoms with van der Waals surface area (Å²) in [4.78, 5) is 4.77. The molecule has 0 radical (unpaired) electrons. The fourth-order valence-electron chi connectivity index (χ4n) is 1.52. The maximum Gasteiger partial charge on any atom is 0.200 e. The third-order valence-electron chi connectivity index (χ3n) is 2.13. The molecule has 2 rings (SSSR count). The summed E-state index contributed by atoms with van der Waals surface area (Å²) in [5, 5.41) is 1.19. The van der Waals surface area contributed by atoms with Gasteiger partial charge in [0.1, 0.15) is 0 Å². The minimum Gasteiger partial charge on any atom is -0.300 e. The average Bonchev–Trinajstić information content (AvgIpc) is 2.39. The lowest BCUT2D eigenvalue weighted by Gasteiger charge is -2.03. The minimum atomic E-state index is -3.31. The zero-order valence-corrected chi connectivity index (χ0v) is 10.0. The molecule has 0 saturated carbocycles. The summed E-state index contributed by atoms with van der Waals surface area (Å²) < 4.78 is 24.1. The third-order valence-corrected chi connectivity index (χ3v) is 4.19. The van der Waals surface area contributed by atoms with Crippen molar-refractivity contribution in [2.45, 2.75) is 4.90 Å². The van der Waals surface area contributed by atoms with Crippen LogP contribution in [0.5, 0.6) is 0 Å². The molecule has 15 heavy (non-hydrogen) atoms. The van der Waals surface area contributed by atoms with Crippen LogP contribution in [0.3, 0.4) is 0 Å². The van der Waals surface area contributed by atoms with Gasteiger partial charge in [-0.3, -0.25) is 4.84 Å². The van der Waals surface area contributed by atoms with Crippen molar-refractivity contribution in [1.29, 1.82) is 0 Å². The Morgan fingerprint density at radius 3 is 2.80 bits per heavy atom. The molecule has 0 saturated heterocycles. The van der Waals surface area contributed by atoms with E-state index in [1.807, 2.05) is 0 Å². The molecule has 2 N–H and O–H groups in total. The molecule has 0 aromatic heterocycles. The van der Waals surface area contributed by atoms with Gasteiger partial charge < -0.3 is 0 Å². The van der Waals surface area contributed by atoms with Gasteiger partial charge in [-0.2, -0.15) is 0 Å². The smallest absolute Gasteiger partial charge is 0.200 e. The first-order valence-electron chi connectivity index (χ1n) is 4.12. The first-order chi connectivity index (χ1) is 7.04. The maximum absolute atomic E-state index is 11.7. The second-order valence-corrected chi connectivity index (χ2v) is 5.82. The van der Waals surface area contributed by atoms with Gasteiger partial charge in [-0.05, 0) is 23.8 Å². The summed E-state index contributed by atoms with van der Waals surface area (Å²) in [6.45, 7) is 0.0860. The summed E-state index contributed by atoms with van der Waals surface area (Å²) >= 11 is 3.29. The van der Waals surface area contributed by atoms with Gasteiger partial charge in [0.25, 0.3) is 0 Å². The molecule has 0 unspecified atom stereocenters. The second kappa shape index (κ2) is 3.71. The molecule has 0 spiro atoms. The van der Waals surface area contributed by atoms with Crippen LogP contribution in [-0.2, 0) is 14.7 Å². The Morgan fingerprint density at radius 1 is 1.40 bits per heavy atom. The van der Waals surface area contributed by atoms with E-state index < -0.39 is 9.84 Å². The van der Waals surface area contributed by atoms with E-state index in [4.69, 9.17) is 5.90 Å². The Hall–Kier alpha value is -0.690. The van der Waals surface area contributed by atoms with Crippen LogP contribution < -0.4 is 5.90 Å². The first-order valence-corrected chi connectivity index (χ1v) is 6.46. The summed E-state index contributed by atoms with van der Waals surface area (Å²) in [5.74, 6) is 4.94. The molecule has 1 aliphatic heterocycles. The van der Waals surface area contributed by atoms with E-state index in [1.54, 1.807) is 18.2 Å². The molecule has 0 fully saturated rings. The summed E-state index contributed by atoms with van der Waals surface area (Å²) in [6.07, 6.45) is 0. The molecule has 0 amide bonds. The van der Waals surface area contributed by atoms with Crippen LogP contribution in [0.15, 0.2) is 33.0 Å². The molecule has 4 nitrogen and oxygen atoms in total. The average molecular weight is 290 g/mol. The molecule has 6 heteroatoms. The SMILES string of the molecule is NOCC1=CS(=O)(=O)c2ccc(Br)cc21. The summed E-state index contributed by atoms with van der Waals surface area (Å²) in [5.41, 5.74) is 1.23. The van der Waals surface area contributed by atoms with E-state index in [-0.39, 0.29) is 6.61 Å². The van der Waals surface area contributed by atoms with Gasteiger partial charge in [-0.1, -0.05) is 15.9 Å². The molecule has 1 aromatic carbocycles. The Morgan fingerprint density at radius 2 is 2.13 bits per heavy atom. The third kappa shape index (κ3) is 1.85. The van der Waals surface area contributed by atoms with Crippen molar-refractivity contribution < 1.29 is 13.3 Å². The van der Waals surface area contributed by atoms with Crippen molar-refractivity contribution in [2.75, 3.05) is 6.61 Å². The molecular formula is C9H8BrNO3S. The van der Waals surface area contributed by atoms with Gasteiger partial charge >= 0.3 is 0 Å². The molecule has 0 aliphatic carbocycles. The van der Waals surface area contributed by atoms with Crippen LogP contribution in [0.4, 0.5) is 0 Å². The second-order valence-electron chi connectivity index (χ2n) is 3.14. The van der Waals surface area contributed by atoms with Crippen LogP contribution in [0.1, 0.15) is 5.56 Å². The number of benzene rings is 1. The number of hydrogen-bond acceptors (Lipinski definition) is 4. The highest BCUT2D eigenvalue weighted by molar-refractivity contribution is 9.10. The van der Waals surface area contributed by atoms with Gasteiger partial charge in [-0.25, -0.2) is 14.3 Å². The number of hydrogen-bond donors (Lipinski definition) is 1. The van der Waals surface area contributed by atoms with Gasteiger partial charge in [0.05, 0.1) is 11.5 Å². The van der Waals surface area contributed by atoms with Gasteiger partial charge in [-0.15, -0.1) is 0 Å². The predicted octanol–water partition coefficient (Wildman–Crippen LogP) is 1.47. The van der Waals surface area contributed by atoms with Gasteiger partial charge in [0.2, 0.25) is 9.84 Å². The summed E-state index contributed by atoms with van der Waals surface area (Å²) in [6, 6.07) is 5.00. The molecule has 1 aliphatic rings. The van der Waals surface area contributed by atoms with Crippen molar-refractivity contribution in [3.63, 3.8) is 0 Å². The monoisotopic (exact) mass is 289 g/mol.